The van der Waals surface area contributed by atoms with E-state index < -0.39 is 11.4 Å². The topological polar surface area (TPSA) is 49.3 Å². The second kappa shape index (κ2) is 3.66. The van der Waals surface area contributed by atoms with Gasteiger partial charge in [0.2, 0.25) is 0 Å². The molecule has 0 amide bonds. The Balaban J connectivity index is 2.28. The van der Waals surface area contributed by atoms with Crippen molar-refractivity contribution in [2.24, 2.45) is 5.92 Å². The molecule has 0 heterocycles. The Bertz CT molecular complexity index is 363. The highest BCUT2D eigenvalue weighted by atomic mass is 16.4. The lowest BCUT2D eigenvalue weighted by molar-refractivity contribution is -0.140. The molecule has 1 aromatic carbocycles. The molecule has 1 aliphatic carbocycles. The van der Waals surface area contributed by atoms with Crippen molar-refractivity contribution < 1.29 is 9.90 Å². The summed E-state index contributed by atoms with van der Waals surface area (Å²) < 4.78 is 0. The highest BCUT2D eigenvalue weighted by Crippen LogP contribution is 2.54. The minimum atomic E-state index is -0.700. The van der Waals surface area contributed by atoms with Crippen LogP contribution in [0.25, 0.3) is 0 Å². The molecular formula is C12H15NO2. The zero-order valence-electron chi connectivity index (χ0n) is 8.73. The molecule has 0 saturated heterocycles. The Morgan fingerprint density at radius 2 is 2.20 bits per heavy atom. The zero-order chi connectivity index (χ0) is 10.9. The van der Waals surface area contributed by atoms with Crippen LogP contribution in [-0.4, -0.2) is 24.7 Å². The van der Waals surface area contributed by atoms with E-state index in [-0.39, 0.29) is 5.92 Å². The number of benzene rings is 1. The van der Waals surface area contributed by atoms with Gasteiger partial charge in [0.05, 0.1) is 5.41 Å². The fourth-order valence-corrected chi connectivity index (χ4v) is 2.30. The van der Waals surface area contributed by atoms with Crippen molar-refractivity contribution in [3.8, 4) is 0 Å². The van der Waals surface area contributed by atoms with Crippen LogP contribution in [0.3, 0.4) is 0 Å². The van der Waals surface area contributed by atoms with Crippen LogP contribution in [0.15, 0.2) is 30.3 Å². The molecule has 15 heavy (non-hydrogen) atoms. The number of aliphatic carboxylic acids is 1. The summed E-state index contributed by atoms with van der Waals surface area (Å²) in [5.74, 6) is -0.476. The number of carboxylic acid groups (broad SMARTS) is 1. The molecule has 2 N–H and O–H groups in total. The van der Waals surface area contributed by atoms with E-state index in [2.05, 4.69) is 5.32 Å². The highest BCUT2D eigenvalue weighted by Gasteiger charge is 2.60. The van der Waals surface area contributed by atoms with Gasteiger partial charge in [-0.15, -0.1) is 0 Å². The second-order valence-corrected chi connectivity index (χ2v) is 4.10. The van der Waals surface area contributed by atoms with Gasteiger partial charge in [0, 0.05) is 0 Å². The van der Waals surface area contributed by atoms with E-state index in [1.165, 1.54) is 0 Å². The third kappa shape index (κ3) is 1.53. The standard InChI is InChI=1S/C12H15NO2/c1-13-8-10-7-12(10,11(14)15)9-5-3-2-4-6-9/h2-6,10,13H,7-8H2,1H3,(H,14,15)/t10-,12-/m0/s1. The van der Waals surface area contributed by atoms with Crippen LogP contribution in [0, 0.1) is 5.92 Å². The molecule has 1 aromatic rings. The minimum Gasteiger partial charge on any atom is -0.481 e. The van der Waals surface area contributed by atoms with E-state index in [1.54, 1.807) is 0 Å². The number of carboxylic acids is 1. The van der Waals surface area contributed by atoms with Crippen molar-refractivity contribution in [1.82, 2.24) is 5.32 Å². The van der Waals surface area contributed by atoms with Gasteiger partial charge in [0.25, 0.3) is 0 Å². The quantitative estimate of drug-likeness (QED) is 0.777. The van der Waals surface area contributed by atoms with E-state index in [9.17, 15) is 9.90 Å². The summed E-state index contributed by atoms with van der Waals surface area (Å²) in [7, 11) is 1.86. The number of rotatable bonds is 4. The van der Waals surface area contributed by atoms with Gasteiger partial charge in [-0.1, -0.05) is 30.3 Å². The van der Waals surface area contributed by atoms with Gasteiger partial charge in [-0.3, -0.25) is 4.79 Å². The van der Waals surface area contributed by atoms with Crippen molar-refractivity contribution in [1.29, 1.82) is 0 Å². The van der Waals surface area contributed by atoms with Crippen LogP contribution in [0.2, 0.25) is 0 Å². The molecule has 3 nitrogen and oxygen atoms in total. The average molecular weight is 205 g/mol. The Kier molecular flexibility index (Phi) is 2.49. The van der Waals surface area contributed by atoms with Gasteiger partial charge in [-0.25, -0.2) is 0 Å². The highest BCUT2D eigenvalue weighted by molar-refractivity contribution is 5.85. The third-order valence-corrected chi connectivity index (χ3v) is 3.23. The smallest absolute Gasteiger partial charge is 0.314 e. The summed E-state index contributed by atoms with van der Waals surface area (Å²) in [6.45, 7) is 0.765. The number of carbonyl (C=O) groups is 1. The summed E-state index contributed by atoms with van der Waals surface area (Å²) >= 11 is 0. The largest absolute Gasteiger partial charge is 0.481 e. The Hall–Kier alpha value is -1.35. The lowest BCUT2D eigenvalue weighted by atomic mass is 9.93. The molecule has 1 saturated carbocycles. The summed E-state index contributed by atoms with van der Waals surface area (Å²) in [4.78, 5) is 11.3. The van der Waals surface area contributed by atoms with Crippen molar-refractivity contribution in [3.63, 3.8) is 0 Å². The van der Waals surface area contributed by atoms with Crippen LogP contribution >= 0.6 is 0 Å². The molecule has 0 bridgehead atoms. The van der Waals surface area contributed by atoms with E-state index >= 15 is 0 Å². The van der Waals surface area contributed by atoms with Gasteiger partial charge in [-0.05, 0) is 31.5 Å². The van der Waals surface area contributed by atoms with Crippen LogP contribution in [0.4, 0.5) is 0 Å². The van der Waals surface area contributed by atoms with E-state index in [4.69, 9.17) is 0 Å². The maximum atomic E-state index is 11.3. The molecule has 3 heteroatoms. The molecule has 2 atom stereocenters. The van der Waals surface area contributed by atoms with Gasteiger partial charge in [0.15, 0.2) is 0 Å². The minimum absolute atomic E-state index is 0.224. The fraction of sp³-hybridized carbons (Fsp3) is 0.417. The summed E-state index contributed by atoms with van der Waals surface area (Å²) in [5.41, 5.74) is 0.294. The molecule has 0 aromatic heterocycles. The lowest BCUT2D eigenvalue weighted by Crippen LogP contribution is -2.26. The maximum absolute atomic E-state index is 11.3. The Morgan fingerprint density at radius 1 is 1.53 bits per heavy atom. The average Bonchev–Trinajstić information content (AvgIpc) is 2.96. The van der Waals surface area contributed by atoms with Crippen molar-refractivity contribution in [2.75, 3.05) is 13.6 Å². The maximum Gasteiger partial charge on any atom is 0.314 e. The van der Waals surface area contributed by atoms with Crippen LogP contribution in [-0.2, 0) is 10.2 Å². The summed E-state index contributed by atoms with van der Waals surface area (Å²) in [5, 5.41) is 12.4. The van der Waals surface area contributed by atoms with Crippen molar-refractivity contribution in [2.45, 2.75) is 11.8 Å². The number of hydrogen-bond acceptors (Lipinski definition) is 2. The molecule has 0 unspecified atom stereocenters. The lowest BCUT2D eigenvalue weighted by Gasteiger charge is -2.12. The summed E-state index contributed by atoms with van der Waals surface area (Å²) in [6.07, 6.45) is 0.743. The molecule has 0 aliphatic heterocycles. The van der Waals surface area contributed by atoms with Gasteiger partial charge in [0.1, 0.15) is 0 Å². The predicted octanol–water partition coefficient (Wildman–Crippen LogP) is 1.25. The first-order valence-electron chi connectivity index (χ1n) is 5.15. The van der Waals surface area contributed by atoms with Crippen LogP contribution in [0.5, 0.6) is 0 Å². The Morgan fingerprint density at radius 3 is 2.73 bits per heavy atom. The van der Waals surface area contributed by atoms with E-state index in [0.717, 1.165) is 18.5 Å². The number of nitrogens with one attached hydrogen (secondary N) is 1. The van der Waals surface area contributed by atoms with E-state index in [0.29, 0.717) is 0 Å². The third-order valence-electron chi connectivity index (χ3n) is 3.23. The number of hydrogen-bond donors (Lipinski definition) is 2. The van der Waals surface area contributed by atoms with Gasteiger partial charge >= 0.3 is 5.97 Å². The molecule has 1 fully saturated rings. The van der Waals surface area contributed by atoms with Gasteiger partial charge < -0.3 is 10.4 Å². The Labute approximate surface area is 89.1 Å². The summed E-state index contributed by atoms with van der Waals surface area (Å²) in [6, 6.07) is 9.52. The monoisotopic (exact) mass is 205 g/mol. The van der Waals surface area contributed by atoms with Gasteiger partial charge in [-0.2, -0.15) is 0 Å². The molecule has 0 radical (unpaired) electrons. The first-order valence-corrected chi connectivity index (χ1v) is 5.15. The second-order valence-electron chi connectivity index (χ2n) is 4.10. The first-order chi connectivity index (χ1) is 7.21. The van der Waals surface area contributed by atoms with Crippen molar-refractivity contribution in [3.05, 3.63) is 35.9 Å². The van der Waals surface area contributed by atoms with Crippen LogP contribution < -0.4 is 5.32 Å². The first kappa shape index (κ1) is 10.2. The normalized spacial score (nSPS) is 28.7. The zero-order valence-corrected chi connectivity index (χ0v) is 8.73. The van der Waals surface area contributed by atoms with E-state index in [1.807, 2.05) is 37.4 Å². The molecular weight excluding hydrogens is 190 g/mol. The SMILES string of the molecule is CNC[C@@H]1C[C@]1(C(=O)O)c1ccccc1. The molecule has 0 spiro atoms. The molecule has 1 aliphatic rings. The fourth-order valence-electron chi connectivity index (χ4n) is 2.30. The molecule has 2 rings (SSSR count). The predicted molar refractivity (Wildman–Crippen MR) is 57.8 cm³/mol. The van der Waals surface area contributed by atoms with Crippen molar-refractivity contribution >= 4 is 5.97 Å². The van der Waals surface area contributed by atoms with Crippen LogP contribution in [0.1, 0.15) is 12.0 Å². The molecule has 80 valence electrons.